The van der Waals surface area contributed by atoms with Crippen molar-refractivity contribution in [3.05, 3.63) is 46.4 Å². The lowest BCUT2D eigenvalue weighted by atomic mass is 10.2. The van der Waals surface area contributed by atoms with Crippen LogP contribution < -0.4 is 10.9 Å². The Hall–Kier alpha value is -1.77. The van der Waals surface area contributed by atoms with Gasteiger partial charge in [0.15, 0.2) is 5.16 Å². The van der Waals surface area contributed by atoms with E-state index in [4.69, 9.17) is 4.74 Å². The molecular formula is C18H21N3O3S2. The second kappa shape index (κ2) is 8.75. The monoisotopic (exact) mass is 391 g/mol. The van der Waals surface area contributed by atoms with Gasteiger partial charge >= 0.3 is 0 Å². The number of benzene rings is 1. The molecule has 2 aromatic rings. The molecule has 0 fully saturated rings. The predicted octanol–water partition coefficient (Wildman–Crippen LogP) is 2.66. The molecule has 26 heavy (non-hydrogen) atoms. The van der Waals surface area contributed by atoms with Crippen LogP contribution in [0.1, 0.15) is 12.6 Å². The van der Waals surface area contributed by atoms with E-state index in [0.29, 0.717) is 23.6 Å². The fourth-order valence-electron chi connectivity index (χ4n) is 2.67. The second-order valence-corrected chi connectivity index (χ2v) is 8.35. The summed E-state index contributed by atoms with van der Waals surface area (Å²) < 4.78 is 6.74. The highest BCUT2D eigenvalue weighted by Crippen LogP contribution is 2.34. The molecule has 138 valence electrons. The fourth-order valence-corrected chi connectivity index (χ4v) is 4.63. The number of carbonyl (C=O) groups is 1. The number of fused-ring (bicyclic) bond motifs is 1. The van der Waals surface area contributed by atoms with Gasteiger partial charge in [-0.1, -0.05) is 36.9 Å². The van der Waals surface area contributed by atoms with Gasteiger partial charge in [0, 0.05) is 24.5 Å². The smallest absolute Gasteiger partial charge is 0.268 e. The van der Waals surface area contributed by atoms with Gasteiger partial charge in [-0.3, -0.25) is 14.2 Å². The van der Waals surface area contributed by atoms with Gasteiger partial charge in [0.2, 0.25) is 5.91 Å². The largest absolute Gasteiger partial charge is 0.383 e. The van der Waals surface area contributed by atoms with Crippen molar-refractivity contribution in [1.82, 2.24) is 9.55 Å². The van der Waals surface area contributed by atoms with Gasteiger partial charge in [-0.2, -0.15) is 0 Å². The van der Waals surface area contributed by atoms with Crippen LogP contribution in [-0.4, -0.2) is 40.2 Å². The SMILES string of the molecule is COCCn1c(SCC(=O)Nc2ccccc2)nc2c(c1=O)S[C@H](C)C2. The van der Waals surface area contributed by atoms with Crippen molar-refractivity contribution in [3.63, 3.8) is 0 Å². The number of para-hydroxylation sites is 1. The first-order valence-corrected chi connectivity index (χ1v) is 10.2. The molecule has 0 unspecified atom stereocenters. The van der Waals surface area contributed by atoms with Gasteiger partial charge in [0.25, 0.3) is 5.56 Å². The van der Waals surface area contributed by atoms with Crippen LogP contribution in [0, 0.1) is 0 Å². The zero-order valence-corrected chi connectivity index (χ0v) is 16.4. The highest BCUT2D eigenvalue weighted by atomic mass is 32.2. The van der Waals surface area contributed by atoms with E-state index in [1.54, 1.807) is 23.4 Å². The number of nitrogens with zero attached hydrogens (tertiary/aromatic N) is 2. The van der Waals surface area contributed by atoms with Crippen molar-refractivity contribution >= 4 is 35.1 Å². The molecule has 6 nitrogen and oxygen atoms in total. The molecule has 1 amide bonds. The van der Waals surface area contributed by atoms with Crippen LogP contribution >= 0.6 is 23.5 Å². The molecule has 1 aromatic heterocycles. The number of thioether (sulfide) groups is 2. The minimum atomic E-state index is -0.128. The molecule has 8 heteroatoms. The summed E-state index contributed by atoms with van der Waals surface area (Å²) in [6.45, 7) is 2.93. The topological polar surface area (TPSA) is 73.2 Å². The highest BCUT2D eigenvalue weighted by molar-refractivity contribution is 8.00. The third-order valence-corrected chi connectivity index (χ3v) is 6.06. The van der Waals surface area contributed by atoms with E-state index in [2.05, 4.69) is 17.2 Å². The van der Waals surface area contributed by atoms with E-state index in [-0.39, 0.29) is 17.2 Å². The van der Waals surface area contributed by atoms with Gasteiger partial charge in [0.1, 0.15) is 0 Å². The van der Waals surface area contributed by atoms with Crippen molar-refractivity contribution in [2.45, 2.75) is 35.2 Å². The van der Waals surface area contributed by atoms with Crippen LogP contribution in [0.5, 0.6) is 0 Å². The molecule has 1 aromatic carbocycles. The first kappa shape index (κ1) is 19.0. The highest BCUT2D eigenvalue weighted by Gasteiger charge is 2.26. The van der Waals surface area contributed by atoms with Gasteiger partial charge in [0.05, 0.1) is 29.5 Å². The van der Waals surface area contributed by atoms with Gasteiger partial charge < -0.3 is 10.1 Å². The van der Waals surface area contributed by atoms with Crippen molar-refractivity contribution in [3.8, 4) is 0 Å². The Morgan fingerprint density at radius 2 is 2.19 bits per heavy atom. The number of ether oxygens (including phenoxy) is 1. The maximum atomic E-state index is 12.8. The summed E-state index contributed by atoms with van der Waals surface area (Å²) in [5.41, 5.74) is 1.56. The Morgan fingerprint density at radius 1 is 1.42 bits per heavy atom. The number of anilines is 1. The molecule has 1 aliphatic rings. The van der Waals surface area contributed by atoms with Crippen LogP contribution in [0.4, 0.5) is 5.69 Å². The van der Waals surface area contributed by atoms with Crippen molar-refractivity contribution in [1.29, 1.82) is 0 Å². The van der Waals surface area contributed by atoms with Crippen LogP contribution in [-0.2, 0) is 22.5 Å². The molecule has 1 aliphatic heterocycles. The van der Waals surface area contributed by atoms with Crippen LogP contribution in [0.3, 0.4) is 0 Å². The van der Waals surface area contributed by atoms with Gasteiger partial charge in [-0.25, -0.2) is 4.98 Å². The maximum absolute atomic E-state index is 12.8. The van der Waals surface area contributed by atoms with E-state index in [1.807, 2.05) is 30.3 Å². The third-order valence-electron chi connectivity index (χ3n) is 3.87. The Morgan fingerprint density at radius 3 is 2.92 bits per heavy atom. The van der Waals surface area contributed by atoms with Crippen molar-refractivity contribution in [2.24, 2.45) is 0 Å². The standard InChI is InChI=1S/C18H21N3O3S2/c1-12-10-14-16(26-12)17(23)21(8-9-24-2)18(20-14)25-11-15(22)19-13-6-4-3-5-7-13/h3-7,12H,8-11H2,1-2H3,(H,19,22)/t12-/m1/s1. The summed E-state index contributed by atoms with van der Waals surface area (Å²) in [4.78, 5) is 30.4. The quantitative estimate of drug-likeness (QED) is 0.578. The molecular weight excluding hydrogens is 370 g/mol. The summed E-state index contributed by atoms with van der Waals surface area (Å²) in [6.07, 6.45) is 0.782. The summed E-state index contributed by atoms with van der Waals surface area (Å²) in [5.74, 6) is 0.0625. The predicted molar refractivity (Wildman–Crippen MR) is 105 cm³/mol. The second-order valence-electron chi connectivity index (χ2n) is 5.96. The fraction of sp³-hybridized carbons (Fsp3) is 0.389. The number of methoxy groups -OCH3 is 1. The molecule has 0 radical (unpaired) electrons. The van der Waals surface area contributed by atoms with E-state index in [9.17, 15) is 9.59 Å². The molecule has 3 rings (SSSR count). The molecule has 0 aliphatic carbocycles. The number of amides is 1. The molecule has 0 spiro atoms. The lowest BCUT2D eigenvalue weighted by molar-refractivity contribution is -0.113. The summed E-state index contributed by atoms with van der Waals surface area (Å²) in [6, 6.07) is 9.30. The summed E-state index contributed by atoms with van der Waals surface area (Å²) in [7, 11) is 1.60. The van der Waals surface area contributed by atoms with Gasteiger partial charge in [-0.05, 0) is 12.1 Å². The van der Waals surface area contributed by atoms with E-state index in [0.717, 1.165) is 22.7 Å². The molecule has 1 N–H and O–H groups in total. The first-order valence-electron chi connectivity index (χ1n) is 8.35. The van der Waals surface area contributed by atoms with E-state index in [1.165, 1.54) is 11.8 Å². The molecule has 0 saturated carbocycles. The molecule has 0 saturated heterocycles. The van der Waals surface area contributed by atoms with Crippen LogP contribution in [0.2, 0.25) is 0 Å². The van der Waals surface area contributed by atoms with Crippen molar-refractivity contribution in [2.75, 3.05) is 24.8 Å². The Kier molecular flexibility index (Phi) is 6.39. The average Bonchev–Trinajstić information content (AvgIpc) is 3.01. The molecule has 1 atom stereocenters. The normalized spacial score (nSPS) is 15.7. The molecule has 2 heterocycles. The van der Waals surface area contributed by atoms with Crippen LogP contribution in [0.15, 0.2) is 45.2 Å². The Bertz CT molecular complexity index is 840. The van der Waals surface area contributed by atoms with E-state index < -0.39 is 0 Å². The minimum absolute atomic E-state index is 0.0348. The van der Waals surface area contributed by atoms with Crippen LogP contribution in [0.25, 0.3) is 0 Å². The lowest BCUT2D eigenvalue weighted by Gasteiger charge is -2.13. The summed E-state index contributed by atoms with van der Waals surface area (Å²) >= 11 is 2.86. The summed E-state index contributed by atoms with van der Waals surface area (Å²) in [5, 5.41) is 3.77. The van der Waals surface area contributed by atoms with Crippen molar-refractivity contribution < 1.29 is 9.53 Å². The first-order chi connectivity index (χ1) is 12.6. The number of hydrogen-bond acceptors (Lipinski definition) is 6. The zero-order chi connectivity index (χ0) is 18.5. The number of rotatable bonds is 7. The lowest BCUT2D eigenvalue weighted by Crippen LogP contribution is -2.27. The zero-order valence-electron chi connectivity index (χ0n) is 14.7. The maximum Gasteiger partial charge on any atom is 0.268 e. The number of nitrogens with one attached hydrogen (secondary N) is 1. The number of aromatic nitrogens is 2. The van der Waals surface area contributed by atoms with E-state index >= 15 is 0 Å². The third kappa shape index (κ3) is 4.49. The Labute approximate surface area is 160 Å². The number of hydrogen-bond donors (Lipinski definition) is 1. The minimum Gasteiger partial charge on any atom is -0.383 e. The average molecular weight is 392 g/mol. The number of carbonyl (C=O) groups excluding carboxylic acids is 1. The Balaban J connectivity index is 1.76. The molecule has 0 bridgehead atoms. The van der Waals surface area contributed by atoms with Gasteiger partial charge in [-0.15, -0.1) is 11.8 Å².